The lowest BCUT2D eigenvalue weighted by atomic mass is 9.98. The molecule has 3 aromatic rings. The Morgan fingerprint density at radius 1 is 1.13 bits per heavy atom. The van der Waals surface area contributed by atoms with E-state index in [4.69, 9.17) is 16.1 Å². The largest absolute Gasteiger partial charge is 0.416 e. The van der Waals surface area contributed by atoms with Crippen LogP contribution in [0.1, 0.15) is 48.1 Å². The summed E-state index contributed by atoms with van der Waals surface area (Å²) in [6.45, 7) is 3.85. The van der Waals surface area contributed by atoms with Crippen molar-refractivity contribution in [2.75, 3.05) is 0 Å². The minimum absolute atomic E-state index is 0.0538. The van der Waals surface area contributed by atoms with Gasteiger partial charge >= 0.3 is 6.18 Å². The maximum absolute atomic E-state index is 12.7. The molecule has 0 aliphatic rings. The van der Waals surface area contributed by atoms with Crippen LogP contribution in [0.25, 0.3) is 11.4 Å². The van der Waals surface area contributed by atoms with E-state index in [1.54, 1.807) is 24.3 Å². The Morgan fingerprint density at radius 3 is 2.33 bits per heavy atom. The second-order valence-electron chi connectivity index (χ2n) is 6.87. The zero-order chi connectivity index (χ0) is 21.9. The van der Waals surface area contributed by atoms with Gasteiger partial charge in [-0.1, -0.05) is 37.0 Å². The molecule has 1 aromatic heterocycles. The first-order chi connectivity index (χ1) is 14.2. The summed E-state index contributed by atoms with van der Waals surface area (Å²) in [7, 11) is 0. The van der Waals surface area contributed by atoms with Crippen LogP contribution in [-0.2, 0) is 6.18 Å². The van der Waals surface area contributed by atoms with E-state index in [2.05, 4.69) is 15.5 Å². The topological polar surface area (TPSA) is 68.0 Å². The molecule has 1 amide bonds. The molecule has 1 N–H and O–H groups in total. The molecule has 9 heteroatoms. The van der Waals surface area contributed by atoms with Crippen LogP contribution in [0, 0.1) is 5.92 Å². The highest BCUT2D eigenvalue weighted by Crippen LogP contribution is 2.30. The van der Waals surface area contributed by atoms with Gasteiger partial charge in [-0.15, -0.1) is 0 Å². The number of benzene rings is 2. The fraction of sp³-hybridized carbons (Fsp3) is 0.286. The molecular weight excluding hydrogens is 419 g/mol. The van der Waals surface area contributed by atoms with Crippen LogP contribution in [0.5, 0.6) is 0 Å². The number of hydrogen-bond donors (Lipinski definition) is 1. The zero-order valence-electron chi connectivity index (χ0n) is 16.2. The van der Waals surface area contributed by atoms with Crippen LogP contribution in [0.2, 0.25) is 5.02 Å². The van der Waals surface area contributed by atoms with Gasteiger partial charge in [-0.25, -0.2) is 0 Å². The van der Waals surface area contributed by atoms with Gasteiger partial charge in [0.25, 0.3) is 5.91 Å². The number of rotatable bonds is 6. The molecule has 1 heterocycles. The van der Waals surface area contributed by atoms with Crippen LogP contribution >= 0.6 is 11.6 Å². The van der Waals surface area contributed by atoms with Gasteiger partial charge in [0, 0.05) is 16.1 Å². The summed E-state index contributed by atoms with van der Waals surface area (Å²) in [5.74, 6) is -0.0181. The second-order valence-corrected chi connectivity index (χ2v) is 7.31. The predicted molar refractivity (Wildman–Crippen MR) is 106 cm³/mol. The number of amides is 1. The van der Waals surface area contributed by atoms with E-state index in [-0.39, 0.29) is 17.4 Å². The molecule has 0 aliphatic carbocycles. The molecule has 0 saturated heterocycles. The number of halogens is 4. The Kier molecular flexibility index (Phi) is 6.45. The molecule has 0 radical (unpaired) electrons. The Balaban J connectivity index is 1.81. The number of alkyl halides is 3. The second kappa shape index (κ2) is 8.87. The van der Waals surface area contributed by atoms with Crippen molar-refractivity contribution in [1.29, 1.82) is 0 Å². The first-order valence-corrected chi connectivity index (χ1v) is 9.64. The lowest BCUT2D eigenvalue weighted by Gasteiger charge is -2.21. The van der Waals surface area contributed by atoms with E-state index >= 15 is 0 Å². The van der Waals surface area contributed by atoms with Gasteiger partial charge in [-0.3, -0.25) is 4.79 Å². The van der Waals surface area contributed by atoms with E-state index < -0.39 is 23.7 Å². The van der Waals surface area contributed by atoms with Gasteiger partial charge in [0.2, 0.25) is 11.7 Å². The van der Waals surface area contributed by atoms with Crippen LogP contribution in [-0.4, -0.2) is 16.0 Å². The van der Waals surface area contributed by atoms with Crippen molar-refractivity contribution in [3.8, 4) is 11.4 Å². The summed E-state index contributed by atoms with van der Waals surface area (Å²) in [6, 6.07) is 10.3. The monoisotopic (exact) mass is 437 g/mol. The Bertz CT molecular complexity index is 1000. The molecule has 2 atom stereocenters. The standard InChI is InChI=1S/C21H19ClF3N3O2/c1-3-12(2)17(20-27-18(28-30-20)13-6-10-16(22)11-7-13)26-19(29)14-4-8-15(9-5-14)21(23,24)25/h4-12,17H,3H2,1-2H3,(H,26,29)/t12-,17+/m0/s1. The van der Waals surface area contributed by atoms with Gasteiger partial charge in [-0.05, 0) is 54.4 Å². The summed E-state index contributed by atoms with van der Waals surface area (Å²) in [4.78, 5) is 17.0. The summed E-state index contributed by atoms with van der Waals surface area (Å²) in [5, 5.41) is 7.33. The number of carbonyl (C=O) groups excluding carboxylic acids is 1. The quantitative estimate of drug-likeness (QED) is 0.519. The molecule has 3 rings (SSSR count). The molecule has 158 valence electrons. The predicted octanol–water partition coefficient (Wildman–Crippen LogP) is 5.93. The number of hydrogen-bond acceptors (Lipinski definition) is 4. The minimum atomic E-state index is -4.46. The van der Waals surface area contributed by atoms with E-state index in [1.165, 1.54) is 0 Å². The van der Waals surface area contributed by atoms with Crippen molar-refractivity contribution in [2.24, 2.45) is 5.92 Å². The van der Waals surface area contributed by atoms with Crippen LogP contribution in [0.3, 0.4) is 0 Å². The molecular formula is C21H19ClF3N3O2. The van der Waals surface area contributed by atoms with E-state index in [9.17, 15) is 18.0 Å². The van der Waals surface area contributed by atoms with Crippen molar-refractivity contribution in [3.05, 3.63) is 70.6 Å². The molecule has 2 aromatic carbocycles. The molecule has 0 aliphatic heterocycles. The number of nitrogens with zero attached hydrogens (tertiary/aromatic N) is 2. The zero-order valence-corrected chi connectivity index (χ0v) is 17.0. The maximum atomic E-state index is 12.7. The highest BCUT2D eigenvalue weighted by Gasteiger charge is 2.31. The fourth-order valence-electron chi connectivity index (χ4n) is 2.80. The van der Waals surface area contributed by atoms with Crippen molar-refractivity contribution < 1.29 is 22.5 Å². The molecule has 30 heavy (non-hydrogen) atoms. The van der Waals surface area contributed by atoms with Gasteiger partial charge < -0.3 is 9.84 Å². The Morgan fingerprint density at radius 2 is 1.77 bits per heavy atom. The minimum Gasteiger partial charge on any atom is -0.340 e. The summed E-state index contributed by atoms with van der Waals surface area (Å²) in [5.41, 5.74) is -0.0119. The molecule has 0 unspecified atom stereocenters. The highest BCUT2D eigenvalue weighted by molar-refractivity contribution is 6.30. The van der Waals surface area contributed by atoms with E-state index in [0.717, 1.165) is 24.3 Å². The third kappa shape index (κ3) is 4.99. The molecule has 0 fully saturated rings. The van der Waals surface area contributed by atoms with Gasteiger partial charge in [-0.2, -0.15) is 18.2 Å². The van der Waals surface area contributed by atoms with E-state index in [0.29, 0.717) is 22.8 Å². The third-order valence-electron chi connectivity index (χ3n) is 4.78. The lowest BCUT2D eigenvalue weighted by molar-refractivity contribution is -0.137. The molecule has 5 nitrogen and oxygen atoms in total. The first-order valence-electron chi connectivity index (χ1n) is 9.26. The van der Waals surface area contributed by atoms with Crippen molar-refractivity contribution in [2.45, 2.75) is 32.5 Å². The smallest absolute Gasteiger partial charge is 0.340 e. The normalized spacial score (nSPS) is 13.7. The van der Waals surface area contributed by atoms with Crippen molar-refractivity contribution in [1.82, 2.24) is 15.5 Å². The number of carbonyl (C=O) groups is 1. The van der Waals surface area contributed by atoms with Crippen molar-refractivity contribution in [3.63, 3.8) is 0 Å². The van der Waals surface area contributed by atoms with Crippen LogP contribution < -0.4 is 5.32 Å². The Hall–Kier alpha value is -2.87. The van der Waals surface area contributed by atoms with Gasteiger partial charge in [0.1, 0.15) is 6.04 Å². The summed E-state index contributed by atoms with van der Waals surface area (Å²) < 4.78 is 43.6. The van der Waals surface area contributed by atoms with Crippen molar-refractivity contribution >= 4 is 17.5 Å². The third-order valence-corrected chi connectivity index (χ3v) is 5.04. The van der Waals surface area contributed by atoms with Gasteiger partial charge in [0.15, 0.2) is 0 Å². The average Bonchev–Trinajstić information content (AvgIpc) is 3.21. The fourth-order valence-corrected chi connectivity index (χ4v) is 2.92. The lowest BCUT2D eigenvalue weighted by Crippen LogP contribution is -2.32. The van der Waals surface area contributed by atoms with Crippen LogP contribution in [0.4, 0.5) is 13.2 Å². The SMILES string of the molecule is CC[C@H](C)[C@@H](NC(=O)c1ccc(C(F)(F)F)cc1)c1nc(-c2ccc(Cl)cc2)no1. The maximum Gasteiger partial charge on any atom is 0.416 e. The highest BCUT2D eigenvalue weighted by atomic mass is 35.5. The molecule has 0 saturated carbocycles. The van der Waals surface area contributed by atoms with Gasteiger partial charge in [0.05, 0.1) is 5.56 Å². The van der Waals surface area contributed by atoms with E-state index in [1.807, 2.05) is 13.8 Å². The van der Waals surface area contributed by atoms with Crippen LogP contribution in [0.15, 0.2) is 53.1 Å². The number of nitrogens with one attached hydrogen (secondary N) is 1. The average molecular weight is 438 g/mol. The first kappa shape index (κ1) is 21.8. The summed E-state index contributed by atoms with van der Waals surface area (Å²) >= 11 is 5.89. The molecule has 0 spiro atoms. The number of aromatic nitrogens is 2. The molecule has 0 bridgehead atoms. The Labute approximate surface area is 176 Å². The summed E-state index contributed by atoms with van der Waals surface area (Å²) in [6.07, 6.45) is -3.76.